The first-order chi connectivity index (χ1) is 11.4. The maximum Gasteiger partial charge on any atom is 0.338 e. The van der Waals surface area contributed by atoms with Crippen LogP contribution in [-0.2, 0) is 28.7 Å². The molecule has 2 unspecified atom stereocenters. The van der Waals surface area contributed by atoms with E-state index in [1.807, 2.05) is 0 Å². The molecule has 0 radical (unpaired) electrons. The molecule has 25 heavy (non-hydrogen) atoms. The van der Waals surface area contributed by atoms with Gasteiger partial charge >= 0.3 is 23.9 Å². The van der Waals surface area contributed by atoms with Crippen LogP contribution in [0.1, 0.15) is 48.0 Å². The zero-order chi connectivity index (χ0) is 19.9. The third-order valence-electron chi connectivity index (χ3n) is 3.49. The molecule has 144 valence electrons. The largest absolute Gasteiger partial charge is 0.479 e. The second-order valence-corrected chi connectivity index (χ2v) is 6.16. The van der Waals surface area contributed by atoms with Crippen molar-refractivity contribution >= 4 is 23.9 Å². The minimum absolute atomic E-state index is 0.0348. The van der Waals surface area contributed by atoms with E-state index < -0.39 is 41.9 Å². The number of nitrogens with zero attached hydrogens (tertiary/aromatic N) is 1. The van der Waals surface area contributed by atoms with E-state index in [0.717, 1.165) is 6.92 Å². The Hall–Kier alpha value is -2.00. The normalized spacial score (nSPS) is 15.0. The molecule has 0 aromatic rings. The fourth-order valence-corrected chi connectivity index (χ4v) is 2.68. The van der Waals surface area contributed by atoms with Gasteiger partial charge in [0, 0.05) is 19.0 Å². The van der Waals surface area contributed by atoms with E-state index in [1.165, 1.54) is 11.8 Å². The molecule has 0 saturated carbocycles. The molecular formula is C16H27NO8. The predicted octanol–water partition coefficient (Wildman–Crippen LogP) is 0.332. The van der Waals surface area contributed by atoms with Gasteiger partial charge < -0.3 is 19.7 Å². The van der Waals surface area contributed by atoms with Crippen LogP contribution in [0.25, 0.3) is 0 Å². The second kappa shape index (κ2) is 9.47. The molecule has 0 fully saturated rings. The highest BCUT2D eigenvalue weighted by Crippen LogP contribution is 2.27. The maximum atomic E-state index is 12.4. The quantitative estimate of drug-likeness (QED) is 0.440. The lowest BCUT2D eigenvalue weighted by atomic mass is 9.87. The Morgan fingerprint density at radius 2 is 1.56 bits per heavy atom. The molecular weight excluding hydrogens is 334 g/mol. The molecule has 2 N–H and O–H groups in total. The zero-order valence-electron chi connectivity index (χ0n) is 15.4. The highest BCUT2D eigenvalue weighted by atomic mass is 16.6. The van der Waals surface area contributed by atoms with Gasteiger partial charge in [-0.25, -0.2) is 4.79 Å². The standard InChI is InChI=1S/C16H27NO8/c1-7-24-14(20)13(17(9(2)3)10(4)5)16(23,15(21)22)8-12(19)25-11(6)18/h9-10,13,23H,7-8H2,1-6H3,(H,21,22). The van der Waals surface area contributed by atoms with Crippen LogP contribution in [-0.4, -0.2) is 69.3 Å². The van der Waals surface area contributed by atoms with E-state index in [1.54, 1.807) is 27.7 Å². The number of carbonyl (C=O) groups is 4. The van der Waals surface area contributed by atoms with Crippen LogP contribution < -0.4 is 0 Å². The van der Waals surface area contributed by atoms with Gasteiger partial charge in [0.1, 0.15) is 6.04 Å². The molecule has 0 aromatic carbocycles. The van der Waals surface area contributed by atoms with Crippen LogP contribution in [0.4, 0.5) is 0 Å². The van der Waals surface area contributed by atoms with Crippen LogP contribution in [0.5, 0.6) is 0 Å². The van der Waals surface area contributed by atoms with Crippen molar-refractivity contribution in [3.05, 3.63) is 0 Å². The molecule has 0 amide bonds. The first kappa shape index (κ1) is 23.0. The molecule has 9 heteroatoms. The fourth-order valence-electron chi connectivity index (χ4n) is 2.68. The summed E-state index contributed by atoms with van der Waals surface area (Å²) in [7, 11) is 0. The van der Waals surface area contributed by atoms with Crippen molar-refractivity contribution in [1.29, 1.82) is 0 Å². The fraction of sp³-hybridized carbons (Fsp3) is 0.750. The van der Waals surface area contributed by atoms with Crippen molar-refractivity contribution in [3.63, 3.8) is 0 Å². The number of hydrogen-bond donors (Lipinski definition) is 2. The topological polar surface area (TPSA) is 130 Å². The minimum atomic E-state index is -2.83. The predicted molar refractivity (Wildman–Crippen MR) is 86.5 cm³/mol. The summed E-state index contributed by atoms with van der Waals surface area (Å²) in [4.78, 5) is 48.3. The van der Waals surface area contributed by atoms with Crippen molar-refractivity contribution in [1.82, 2.24) is 4.90 Å². The second-order valence-electron chi connectivity index (χ2n) is 6.16. The number of carboxylic acids is 1. The lowest BCUT2D eigenvalue weighted by Crippen LogP contribution is -2.65. The van der Waals surface area contributed by atoms with Gasteiger partial charge in [-0.05, 0) is 34.6 Å². The van der Waals surface area contributed by atoms with Crippen LogP contribution in [0, 0.1) is 0 Å². The first-order valence-electron chi connectivity index (χ1n) is 7.99. The molecule has 9 nitrogen and oxygen atoms in total. The van der Waals surface area contributed by atoms with Gasteiger partial charge in [-0.3, -0.25) is 19.3 Å². The summed E-state index contributed by atoms with van der Waals surface area (Å²) in [5, 5.41) is 20.3. The molecule has 0 heterocycles. The smallest absolute Gasteiger partial charge is 0.338 e. The first-order valence-corrected chi connectivity index (χ1v) is 7.99. The van der Waals surface area contributed by atoms with Crippen LogP contribution in [0.15, 0.2) is 0 Å². The van der Waals surface area contributed by atoms with Crippen molar-refractivity contribution in [2.75, 3.05) is 6.61 Å². The van der Waals surface area contributed by atoms with Gasteiger partial charge in [-0.15, -0.1) is 0 Å². The minimum Gasteiger partial charge on any atom is -0.479 e. The molecule has 0 aromatic heterocycles. The molecule has 0 aliphatic heterocycles. The number of carbonyl (C=O) groups excluding carboxylic acids is 3. The van der Waals surface area contributed by atoms with Gasteiger partial charge in [0.2, 0.25) is 0 Å². The highest BCUT2D eigenvalue weighted by Gasteiger charge is 2.54. The summed E-state index contributed by atoms with van der Waals surface area (Å²) >= 11 is 0. The average molecular weight is 361 g/mol. The Kier molecular flexibility index (Phi) is 8.72. The Bertz CT molecular complexity index is 508. The van der Waals surface area contributed by atoms with E-state index >= 15 is 0 Å². The lowest BCUT2D eigenvalue weighted by molar-refractivity contribution is -0.188. The molecule has 2 atom stereocenters. The van der Waals surface area contributed by atoms with Crippen LogP contribution in [0.2, 0.25) is 0 Å². The van der Waals surface area contributed by atoms with Crippen molar-refractivity contribution < 1.29 is 38.9 Å². The number of aliphatic carboxylic acids is 1. The monoisotopic (exact) mass is 361 g/mol. The van der Waals surface area contributed by atoms with Crippen LogP contribution >= 0.6 is 0 Å². The van der Waals surface area contributed by atoms with Gasteiger partial charge in [-0.1, -0.05) is 0 Å². The Balaban J connectivity index is 6.09. The van der Waals surface area contributed by atoms with Crippen molar-refractivity contribution in [3.8, 4) is 0 Å². The maximum absolute atomic E-state index is 12.4. The molecule has 0 saturated heterocycles. The number of aliphatic hydroxyl groups is 1. The number of hydrogen-bond acceptors (Lipinski definition) is 8. The summed E-state index contributed by atoms with van der Waals surface area (Å²) in [5.41, 5.74) is -2.83. The Labute approximate surface area is 146 Å². The molecule has 0 spiro atoms. The van der Waals surface area contributed by atoms with E-state index in [-0.39, 0.29) is 18.7 Å². The molecule has 0 rings (SSSR count). The Morgan fingerprint density at radius 1 is 1.08 bits per heavy atom. The lowest BCUT2D eigenvalue weighted by Gasteiger charge is -2.42. The highest BCUT2D eigenvalue weighted by molar-refractivity contribution is 5.94. The van der Waals surface area contributed by atoms with Gasteiger partial charge in [0.05, 0.1) is 13.0 Å². The summed E-state index contributed by atoms with van der Waals surface area (Å²) in [5.74, 6) is -4.98. The van der Waals surface area contributed by atoms with E-state index in [4.69, 9.17) is 4.74 Å². The van der Waals surface area contributed by atoms with E-state index in [9.17, 15) is 29.4 Å². The number of esters is 3. The van der Waals surface area contributed by atoms with E-state index in [2.05, 4.69) is 4.74 Å². The van der Waals surface area contributed by atoms with Gasteiger partial charge in [0.25, 0.3) is 0 Å². The van der Waals surface area contributed by atoms with Gasteiger partial charge in [0.15, 0.2) is 5.60 Å². The number of rotatable bonds is 9. The van der Waals surface area contributed by atoms with Crippen molar-refractivity contribution in [2.24, 2.45) is 0 Å². The summed E-state index contributed by atoms with van der Waals surface area (Å²) in [6.45, 7) is 9.31. The molecule has 0 aliphatic rings. The van der Waals surface area contributed by atoms with Crippen molar-refractivity contribution in [2.45, 2.75) is 71.7 Å². The summed E-state index contributed by atoms with van der Waals surface area (Å²) < 4.78 is 9.24. The third kappa shape index (κ3) is 6.09. The number of carboxylic acid groups (broad SMARTS) is 1. The number of ether oxygens (including phenoxy) is 2. The zero-order valence-corrected chi connectivity index (χ0v) is 15.4. The summed E-state index contributed by atoms with van der Waals surface area (Å²) in [6, 6.07) is -2.35. The average Bonchev–Trinajstić information content (AvgIpc) is 2.42. The molecule has 0 aliphatic carbocycles. The van der Waals surface area contributed by atoms with Crippen LogP contribution in [0.3, 0.4) is 0 Å². The third-order valence-corrected chi connectivity index (χ3v) is 3.49. The molecule has 0 bridgehead atoms. The Morgan fingerprint density at radius 3 is 1.88 bits per heavy atom. The SMILES string of the molecule is CCOC(=O)C(N(C(C)C)C(C)C)C(O)(CC(=O)OC(C)=O)C(=O)O. The van der Waals surface area contributed by atoms with Gasteiger partial charge in [-0.2, -0.15) is 0 Å². The van der Waals surface area contributed by atoms with E-state index in [0.29, 0.717) is 0 Å². The summed E-state index contributed by atoms with van der Waals surface area (Å²) in [6.07, 6.45) is -1.08.